The summed E-state index contributed by atoms with van der Waals surface area (Å²) >= 11 is 0. The molecule has 1 fully saturated rings. The van der Waals surface area contributed by atoms with Crippen LogP contribution in [0.2, 0.25) is 0 Å². The van der Waals surface area contributed by atoms with Gasteiger partial charge in [0.15, 0.2) is 11.5 Å². The molecule has 1 amide bonds. The van der Waals surface area contributed by atoms with Gasteiger partial charge in [0.1, 0.15) is 11.6 Å². The first-order valence-corrected chi connectivity index (χ1v) is 7.61. The third-order valence-corrected chi connectivity index (χ3v) is 3.47. The monoisotopic (exact) mass is 316 g/mol. The van der Waals surface area contributed by atoms with Crippen molar-refractivity contribution in [3.8, 4) is 17.6 Å². The van der Waals surface area contributed by atoms with Gasteiger partial charge in [-0.05, 0) is 43.5 Å². The van der Waals surface area contributed by atoms with Crippen LogP contribution in [-0.2, 0) is 9.53 Å². The number of hydrogen-bond donors (Lipinski definition) is 2. The fraction of sp³-hybridized carbons (Fsp3) is 0.412. The number of rotatable bonds is 6. The lowest BCUT2D eigenvalue weighted by atomic mass is 10.1. The van der Waals surface area contributed by atoms with Crippen molar-refractivity contribution in [3.05, 3.63) is 29.3 Å². The van der Waals surface area contributed by atoms with Crippen LogP contribution < -0.4 is 10.1 Å². The normalized spacial score (nSPS) is 17.6. The molecule has 1 aliphatic heterocycles. The number of carbonyl (C=O) groups excluding carboxylic acids is 1. The Balaban J connectivity index is 2.06. The predicted octanol–water partition coefficient (Wildman–Crippen LogP) is 1.99. The second-order valence-electron chi connectivity index (χ2n) is 5.18. The SMILES string of the molecule is CCOc1cc(/C=C(/C#N)C(=O)NC[C@@H]2CCCO2)ccc1O. The molecule has 6 nitrogen and oxygen atoms in total. The van der Waals surface area contributed by atoms with Gasteiger partial charge < -0.3 is 19.9 Å². The molecule has 23 heavy (non-hydrogen) atoms. The van der Waals surface area contributed by atoms with E-state index < -0.39 is 5.91 Å². The number of phenols is 1. The molecule has 0 saturated carbocycles. The van der Waals surface area contributed by atoms with Gasteiger partial charge in [0.2, 0.25) is 0 Å². The standard InChI is InChI=1S/C17H20N2O4/c1-2-22-16-9-12(5-6-15(16)20)8-13(10-18)17(21)19-11-14-4-3-7-23-14/h5-6,8-9,14,20H,2-4,7,11H2,1H3,(H,19,21)/b13-8-/t14-/m0/s1. The third kappa shape index (κ3) is 4.73. The van der Waals surface area contributed by atoms with Crippen molar-refractivity contribution < 1.29 is 19.4 Å². The first-order chi connectivity index (χ1) is 11.1. The molecule has 0 radical (unpaired) electrons. The molecule has 0 bridgehead atoms. The maximum atomic E-state index is 12.1. The molecule has 6 heteroatoms. The predicted molar refractivity (Wildman–Crippen MR) is 84.8 cm³/mol. The van der Waals surface area contributed by atoms with Crippen LogP contribution in [0.1, 0.15) is 25.3 Å². The van der Waals surface area contributed by atoms with E-state index in [1.54, 1.807) is 19.1 Å². The molecule has 2 rings (SSSR count). The number of nitrogens with zero attached hydrogens (tertiary/aromatic N) is 1. The summed E-state index contributed by atoms with van der Waals surface area (Å²) in [5.74, 6) is -0.0994. The second kappa shape index (κ2) is 8.20. The average Bonchev–Trinajstić information content (AvgIpc) is 3.07. The zero-order valence-electron chi connectivity index (χ0n) is 13.0. The first kappa shape index (κ1) is 16.8. The highest BCUT2D eigenvalue weighted by atomic mass is 16.5. The Morgan fingerprint density at radius 3 is 3.09 bits per heavy atom. The lowest BCUT2D eigenvalue weighted by Crippen LogP contribution is -2.32. The van der Waals surface area contributed by atoms with E-state index in [9.17, 15) is 15.2 Å². The van der Waals surface area contributed by atoms with E-state index in [1.165, 1.54) is 12.1 Å². The summed E-state index contributed by atoms with van der Waals surface area (Å²) in [4.78, 5) is 12.1. The number of hydrogen-bond acceptors (Lipinski definition) is 5. The molecule has 0 aliphatic carbocycles. The molecule has 0 unspecified atom stereocenters. The zero-order valence-corrected chi connectivity index (χ0v) is 13.0. The molecule has 1 aliphatic rings. The van der Waals surface area contributed by atoms with Crippen LogP contribution in [0.4, 0.5) is 0 Å². The van der Waals surface area contributed by atoms with E-state index in [4.69, 9.17) is 9.47 Å². The molecular formula is C17H20N2O4. The van der Waals surface area contributed by atoms with Crippen molar-refractivity contribution in [1.82, 2.24) is 5.32 Å². The van der Waals surface area contributed by atoms with Gasteiger partial charge in [-0.25, -0.2) is 0 Å². The molecule has 1 aromatic rings. The lowest BCUT2D eigenvalue weighted by Gasteiger charge is -2.10. The fourth-order valence-electron chi connectivity index (χ4n) is 2.31. The number of phenolic OH excluding ortho intramolecular Hbond substituents is 1. The van der Waals surface area contributed by atoms with E-state index in [0.29, 0.717) is 24.5 Å². The Bertz CT molecular complexity index is 628. The largest absolute Gasteiger partial charge is 0.504 e. The summed E-state index contributed by atoms with van der Waals surface area (Å²) < 4.78 is 10.7. The minimum atomic E-state index is -0.436. The summed E-state index contributed by atoms with van der Waals surface area (Å²) in [7, 11) is 0. The molecule has 0 spiro atoms. The van der Waals surface area contributed by atoms with Crippen LogP contribution in [0.5, 0.6) is 11.5 Å². The quantitative estimate of drug-likeness (QED) is 0.618. The summed E-state index contributed by atoms with van der Waals surface area (Å²) in [6.07, 6.45) is 3.40. The van der Waals surface area contributed by atoms with Gasteiger partial charge in [-0.2, -0.15) is 5.26 Å². The summed E-state index contributed by atoms with van der Waals surface area (Å²) in [6.45, 7) is 3.34. The smallest absolute Gasteiger partial charge is 0.262 e. The molecule has 2 N–H and O–H groups in total. The number of ether oxygens (including phenoxy) is 2. The van der Waals surface area contributed by atoms with Gasteiger partial charge in [0.05, 0.1) is 12.7 Å². The Morgan fingerprint density at radius 1 is 1.61 bits per heavy atom. The lowest BCUT2D eigenvalue weighted by molar-refractivity contribution is -0.117. The number of nitrogens with one attached hydrogen (secondary N) is 1. The van der Waals surface area contributed by atoms with Gasteiger partial charge >= 0.3 is 0 Å². The average molecular weight is 316 g/mol. The van der Waals surface area contributed by atoms with Gasteiger partial charge in [-0.1, -0.05) is 6.07 Å². The van der Waals surface area contributed by atoms with Crippen molar-refractivity contribution in [1.29, 1.82) is 5.26 Å². The van der Waals surface area contributed by atoms with Crippen molar-refractivity contribution in [2.45, 2.75) is 25.9 Å². The van der Waals surface area contributed by atoms with Crippen molar-refractivity contribution in [2.24, 2.45) is 0 Å². The van der Waals surface area contributed by atoms with Gasteiger partial charge in [-0.15, -0.1) is 0 Å². The van der Waals surface area contributed by atoms with Crippen molar-refractivity contribution in [3.63, 3.8) is 0 Å². The van der Waals surface area contributed by atoms with Crippen molar-refractivity contribution >= 4 is 12.0 Å². The maximum absolute atomic E-state index is 12.1. The summed E-state index contributed by atoms with van der Waals surface area (Å²) in [5, 5.41) is 21.6. The Kier molecular flexibility index (Phi) is 6.01. The minimum Gasteiger partial charge on any atom is -0.504 e. The first-order valence-electron chi connectivity index (χ1n) is 7.61. The van der Waals surface area contributed by atoms with E-state index >= 15 is 0 Å². The van der Waals surface area contributed by atoms with Crippen LogP contribution in [0, 0.1) is 11.3 Å². The molecule has 0 aromatic heterocycles. The van der Waals surface area contributed by atoms with Crippen LogP contribution in [0.25, 0.3) is 6.08 Å². The minimum absolute atomic E-state index is 0.00358. The molecule has 1 aromatic carbocycles. The molecule has 1 atom stereocenters. The number of benzene rings is 1. The molecule has 1 heterocycles. The van der Waals surface area contributed by atoms with Crippen LogP contribution >= 0.6 is 0 Å². The number of aromatic hydroxyl groups is 1. The molecular weight excluding hydrogens is 296 g/mol. The topological polar surface area (TPSA) is 91.6 Å². The van der Waals surface area contributed by atoms with Crippen LogP contribution in [0.15, 0.2) is 23.8 Å². The van der Waals surface area contributed by atoms with E-state index in [-0.39, 0.29) is 17.4 Å². The van der Waals surface area contributed by atoms with Crippen molar-refractivity contribution in [2.75, 3.05) is 19.8 Å². The molecule has 122 valence electrons. The summed E-state index contributed by atoms with van der Waals surface area (Å²) in [6, 6.07) is 6.57. The Labute approximate surface area is 135 Å². The van der Waals surface area contributed by atoms with Crippen LogP contribution in [-0.4, -0.2) is 36.9 Å². The van der Waals surface area contributed by atoms with E-state index in [2.05, 4.69) is 5.32 Å². The van der Waals surface area contributed by atoms with Gasteiger partial charge in [-0.3, -0.25) is 4.79 Å². The van der Waals surface area contributed by atoms with Gasteiger partial charge in [0.25, 0.3) is 5.91 Å². The number of amides is 1. The number of nitriles is 1. The van der Waals surface area contributed by atoms with E-state index in [0.717, 1.165) is 19.4 Å². The molecule has 1 saturated heterocycles. The fourth-order valence-corrected chi connectivity index (χ4v) is 2.31. The highest BCUT2D eigenvalue weighted by molar-refractivity contribution is 6.01. The Hall–Kier alpha value is -2.52. The number of carbonyl (C=O) groups is 1. The highest BCUT2D eigenvalue weighted by Crippen LogP contribution is 2.27. The van der Waals surface area contributed by atoms with Crippen LogP contribution in [0.3, 0.4) is 0 Å². The van der Waals surface area contributed by atoms with Gasteiger partial charge in [0, 0.05) is 13.2 Å². The second-order valence-corrected chi connectivity index (χ2v) is 5.18. The highest BCUT2D eigenvalue weighted by Gasteiger charge is 2.17. The maximum Gasteiger partial charge on any atom is 0.262 e. The third-order valence-electron chi connectivity index (χ3n) is 3.47. The van der Waals surface area contributed by atoms with E-state index in [1.807, 2.05) is 6.07 Å². The zero-order chi connectivity index (χ0) is 16.7. The summed E-state index contributed by atoms with van der Waals surface area (Å²) in [5.41, 5.74) is 0.603. The Morgan fingerprint density at radius 2 is 2.43 bits per heavy atom.